The first-order valence-corrected chi connectivity index (χ1v) is 16.4. The molecule has 1 aromatic carbocycles. The lowest BCUT2D eigenvalue weighted by molar-refractivity contribution is 0.0507. The van der Waals surface area contributed by atoms with Gasteiger partial charge < -0.3 is 25.0 Å². The molecule has 1 aromatic heterocycles. The molecule has 8 heteroatoms. The van der Waals surface area contributed by atoms with Gasteiger partial charge in [-0.1, -0.05) is 60.5 Å². The molecule has 7 nitrogen and oxygen atoms in total. The summed E-state index contributed by atoms with van der Waals surface area (Å²) in [7, 11) is -0.0352. The molecule has 1 aliphatic carbocycles. The van der Waals surface area contributed by atoms with Crippen LogP contribution in [0.3, 0.4) is 0 Å². The minimum Gasteiger partial charge on any atom is -0.472 e. The number of aryl methyl sites for hydroxylation is 1. The Bertz CT molecular complexity index is 1340. The van der Waals surface area contributed by atoms with Crippen molar-refractivity contribution in [2.75, 3.05) is 42.3 Å². The zero-order valence-electron chi connectivity index (χ0n) is 23.1. The lowest BCUT2D eigenvalue weighted by Gasteiger charge is -2.35. The van der Waals surface area contributed by atoms with Crippen molar-refractivity contribution >= 4 is 33.8 Å². The highest BCUT2D eigenvalue weighted by Gasteiger charge is 2.37. The van der Waals surface area contributed by atoms with E-state index in [0.717, 1.165) is 93.8 Å². The lowest BCUT2D eigenvalue weighted by atomic mass is 9.95. The fourth-order valence-electron chi connectivity index (χ4n) is 6.49. The highest BCUT2D eigenvalue weighted by Crippen LogP contribution is 2.42. The highest BCUT2D eigenvalue weighted by atomic mass is 32.2. The second-order valence-electron chi connectivity index (χ2n) is 11.4. The molecule has 2 fully saturated rings. The summed E-state index contributed by atoms with van der Waals surface area (Å²) in [5.41, 5.74) is 3.53. The predicted octanol–water partition coefficient (Wildman–Crippen LogP) is 5.35. The van der Waals surface area contributed by atoms with E-state index in [1.807, 2.05) is 0 Å². The molecule has 0 amide bonds. The number of hydrogen-bond donors (Lipinski definition) is 2. The first kappa shape index (κ1) is 25.8. The number of nitrogens with zero attached hydrogens (tertiary/aromatic N) is 3. The third-order valence-corrected chi connectivity index (χ3v) is 10.5. The van der Waals surface area contributed by atoms with Gasteiger partial charge in [0.2, 0.25) is 5.95 Å². The Morgan fingerprint density at radius 3 is 2.62 bits per heavy atom. The van der Waals surface area contributed by atoms with Gasteiger partial charge in [-0.05, 0) is 44.3 Å². The van der Waals surface area contributed by atoms with Crippen LogP contribution >= 0.6 is 10.5 Å². The van der Waals surface area contributed by atoms with Crippen LogP contribution in [-0.4, -0.2) is 60.2 Å². The number of hydrogen-bond acceptors (Lipinski definition) is 7. The Morgan fingerprint density at radius 1 is 1.02 bits per heavy atom. The molecule has 2 saturated heterocycles. The lowest BCUT2D eigenvalue weighted by Crippen LogP contribution is -2.42. The van der Waals surface area contributed by atoms with Crippen LogP contribution in [0, 0.1) is 11.8 Å². The molecule has 210 valence electrons. The number of nitrogens with one attached hydrogen (secondary N) is 2. The summed E-state index contributed by atoms with van der Waals surface area (Å²) in [6.45, 7) is 3.49. The molecular weight excluding hydrogens is 518 g/mol. The van der Waals surface area contributed by atoms with E-state index in [1.165, 1.54) is 16.2 Å². The molecule has 5 aliphatic rings. The van der Waals surface area contributed by atoms with Crippen LogP contribution in [0.25, 0.3) is 5.70 Å². The molecule has 4 aliphatic heterocycles. The second-order valence-corrected chi connectivity index (χ2v) is 13.2. The van der Waals surface area contributed by atoms with Crippen molar-refractivity contribution < 1.29 is 9.47 Å². The topological polar surface area (TPSA) is 71.5 Å². The first-order valence-electron chi connectivity index (χ1n) is 14.8. The predicted molar refractivity (Wildman–Crippen MR) is 164 cm³/mol. The van der Waals surface area contributed by atoms with Crippen molar-refractivity contribution in [3.8, 4) is 0 Å². The van der Waals surface area contributed by atoms with E-state index in [0.29, 0.717) is 12.0 Å². The fraction of sp³-hybridized carbons (Fsp3) is 0.469. The molecule has 3 unspecified atom stereocenters. The number of ether oxygens (including phenoxy) is 2. The van der Waals surface area contributed by atoms with Crippen molar-refractivity contribution in [3.63, 3.8) is 0 Å². The summed E-state index contributed by atoms with van der Waals surface area (Å²) in [6, 6.07) is 11.0. The summed E-state index contributed by atoms with van der Waals surface area (Å²) in [5, 5.41) is 7.56. The van der Waals surface area contributed by atoms with Crippen molar-refractivity contribution in [3.05, 3.63) is 71.7 Å². The number of piperidine rings is 1. The Labute approximate surface area is 239 Å². The second kappa shape index (κ2) is 11.4. The van der Waals surface area contributed by atoms with Gasteiger partial charge in [-0.25, -0.2) is 4.98 Å². The maximum Gasteiger partial charge on any atom is 0.227 e. The normalized spacial score (nSPS) is 27.0. The van der Waals surface area contributed by atoms with Crippen LogP contribution in [0.2, 0.25) is 0 Å². The van der Waals surface area contributed by atoms with Crippen LogP contribution in [0.5, 0.6) is 0 Å². The summed E-state index contributed by atoms with van der Waals surface area (Å²) < 4.78 is 12.3. The van der Waals surface area contributed by atoms with E-state index in [2.05, 4.69) is 76.0 Å². The van der Waals surface area contributed by atoms with E-state index >= 15 is 0 Å². The Balaban J connectivity index is 1.06. The van der Waals surface area contributed by atoms with Crippen molar-refractivity contribution in [1.29, 1.82) is 0 Å². The van der Waals surface area contributed by atoms with E-state index in [9.17, 15) is 0 Å². The van der Waals surface area contributed by atoms with Crippen molar-refractivity contribution in [1.82, 2.24) is 15.3 Å². The van der Waals surface area contributed by atoms with Gasteiger partial charge >= 0.3 is 0 Å². The summed E-state index contributed by atoms with van der Waals surface area (Å²) in [5.74, 6) is 9.17. The average Bonchev–Trinajstić information content (AvgIpc) is 3.63. The van der Waals surface area contributed by atoms with Crippen LogP contribution in [0.15, 0.2) is 65.3 Å². The highest BCUT2D eigenvalue weighted by molar-refractivity contribution is 8.14. The van der Waals surface area contributed by atoms with Gasteiger partial charge in [-0.2, -0.15) is 15.5 Å². The van der Waals surface area contributed by atoms with Crippen LogP contribution in [-0.2, 0) is 15.9 Å². The number of aromatic nitrogens is 2. The molecule has 7 rings (SSSR count). The SMILES string of the molecule is C=S1CCc2nc(N3CCC(C4NC(c5ccccc5)=C(C5C=CC=CC5)O4)CC3)nc(NC3CCOCC3)c21. The zero-order valence-corrected chi connectivity index (χ0v) is 23.9. The molecule has 5 heterocycles. The van der Waals surface area contributed by atoms with E-state index in [-0.39, 0.29) is 22.6 Å². The van der Waals surface area contributed by atoms with Gasteiger partial charge in [-0.15, -0.1) is 0 Å². The quantitative estimate of drug-likeness (QED) is 0.464. The molecule has 0 saturated carbocycles. The minimum absolute atomic E-state index is 0.00790. The minimum atomic E-state index is -0.0352. The Hall–Kier alpha value is -3.10. The summed E-state index contributed by atoms with van der Waals surface area (Å²) in [4.78, 5) is 13.8. The standard InChI is InChI=1S/C32H39N5O2S/c1-40-21-16-26-29(40)30(33-25-14-19-38-20-15-25)36-32(34-26)37-17-12-24(13-18-37)31-35-27(22-8-4-2-5-9-22)28(39-31)23-10-6-3-7-11-23/h2-10,23-25,31,35H,1,11-21H2,(H,33,34,36). The third kappa shape index (κ3) is 5.19. The fourth-order valence-corrected chi connectivity index (χ4v) is 7.99. The largest absolute Gasteiger partial charge is 0.472 e. The summed E-state index contributed by atoms with van der Waals surface area (Å²) >= 11 is 0. The van der Waals surface area contributed by atoms with Crippen molar-refractivity contribution in [2.45, 2.75) is 55.7 Å². The van der Waals surface area contributed by atoms with Crippen LogP contribution < -0.4 is 15.5 Å². The molecular formula is C32H39N5O2S. The van der Waals surface area contributed by atoms with Gasteiger partial charge in [0.1, 0.15) is 11.6 Å². The third-order valence-electron chi connectivity index (χ3n) is 8.78. The molecule has 2 aromatic rings. The molecule has 40 heavy (non-hydrogen) atoms. The van der Waals surface area contributed by atoms with Gasteiger partial charge in [0.15, 0.2) is 6.23 Å². The van der Waals surface area contributed by atoms with E-state index in [1.54, 1.807) is 0 Å². The van der Waals surface area contributed by atoms with E-state index < -0.39 is 0 Å². The van der Waals surface area contributed by atoms with Crippen LogP contribution in [0.4, 0.5) is 11.8 Å². The van der Waals surface area contributed by atoms with Gasteiger partial charge in [-0.3, -0.25) is 0 Å². The average molecular weight is 558 g/mol. The maximum absolute atomic E-state index is 6.73. The number of anilines is 2. The zero-order chi connectivity index (χ0) is 26.9. The molecule has 0 spiro atoms. The summed E-state index contributed by atoms with van der Waals surface area (Å²) in [6.07, 6.45) is 14.8. The molecule has 0 radical (unpaired) electrons. The Kier molecular flexibility index (Phi) is 7.37. The monoisotopic (exact) mass is 557 g/mol. The number of benzene rings is 1. The van der Waals surface area contributed by atoms with Crippen molar-refractivity contribution in [2.24, 2.45) is 11.8 Å². The number of rotatable bonds is 6. The molecule has 2 N–H and O–H groups in total. The smallest absolute Gasteiger partial charge is 0.227 e. The van der Waals surface area contributed by atoms with E-state index in [4.69, 9.17) is 19.4 Å². The van der Waals surface area contributed by atoms with Gasteiger partial charge in [0.25, 0.3) is 0 Å². The molecule has 3 atom stereocenters. The first-order chi connectivity index (χ1) is 19.7. The molecule has 0 bridgehead atoms. The maximum atomic E-state index is 6.73. The van der Waals surface area contributed by atoms with Crippen LogP contribution in [0.1, 0.15) is 43.4 Å². The Morgan fingerprint density at radius 2 is 1.85 bits per heavy atom. The number of allylic oxidation sites excluding steroid dienone is 4. The number of fused-ring (bicyclic) bond motifs is 1. The van der Waals surface area contributed by atoms with Gasteiger partial charge in [0.05, 0.1) is 16.3 Å². The van der Waals surface area contributed by atoms with Gasteiger partial charge in [0, 0.05) is 49.7 Å².